The number of hydrogen-bond donors (Lipinski definition) is 1. The van der Waals surface area contributed by atoms with E-state index >= 15 is 0 Å². The molecule has 0 aliphatic carbocycles. The van der Waals surface area contributed by atoms with E-state index in [-0.39, 0.29) is 6.54 Å². The van der Waals surface area contributed by atoms with Crippen molar-refractivity contribution >= 4 is 17.6 Å². The van der Waals surface area contributed by atoms with Crippen LogP contribution in [0.3, 0.4) is 0 Å². The second-order valence-corrected chi connectivity index (χ2v) is 6.07. The molecule has 0 saturated carbocycles. The Morgan fingerprint density at radius 1 is 1.00 bits per heavy atom. The summed E-state index contributed by atoms with van der Waals surface area (Å²) in [6, 6.07) is 21.1. The van der Waals surface area contributed by atoms with Gasteiger partial charge in [0.05, 0.1) is 5.69 Å². The molecule has 7 heteroatoms. The van der Waals surface area contributed by atoms with Crippen LogP contribution in [0.2, 0.25) is 0 Å². The summed E-state index contributed by atoms with van der Waals surface area (Å²) in [5.41, 5.74) is 1.55. The van der Waals surface area contributed by atoms with E-state index in [0.717, 1.165) is 10.2 Å². The molecular formula is C21H19N3O4. The second kappa shape index (κ2) is 8.77. The third-order valence-corrected chi connectivity index (χ3v) is 3.93. The predicted octanol–water partition coefficient (Wildman–Crippen LogP) is 2.48. The van der Waals surface area contributed by atoms with Gasteiger partial charge in [-0.25, -0.2) is 4.68 Å². The maximum atomic E-state index is 12.2. The summed E-state index contributed by atoms with van der Waals surface area (Å²) in [6.45, 7) is 1.08. The average Bonchev–Trinajstić information content (AvgIpc) is 2.71. The smallest absolute Gasteiger partial charge is 0.328 e. The van der Waals surface area contributed by atoms with E-state index in [1.54, 1.807) is 30.3 Å². The van der Waals surface area contributed by atoms with Crippen molar-refractivity contribution in [2.75, 3.05) is 5.32 Å². The van der Waals surface area contributed by atoms with E-state index in [1.165, 1.54) is 13.0 Å². The van der Waals surface area contributed by atoms with Gasteiger partial charge in [-0.3, -0.25) is 14.4 Å². The molecule has 2 aromatic carbocycles. The minimum Gasteiger partial charge on any atom is -0.451 e. The summed E-state index contributed by atoms with van der Waals surface area (Å²) in [5.74, 6) is -1.19. The number of rotatable bonds is 6. The van der Waals surface area contributed by atoms with Crippen molar-refractivity contribution in [3.05, 3.63) is 83.2 Å². The summed E-state index contributed by atoms with van der Waals surface area (Å²) >= 11 is 0. The van der Waals surface area contributed by atoms with Crippen LogP contribution in [0.1, 0.15) is 6.92 Å². The molecule has 1 N–H and O–H groups in total. The number of ether oxygens (including phenoxy) is 1. The summed E-state index contributed by atoms with van der Waals surface area (Å²) in [6.07, 6.45) is -1.01. The van der Waals surface area contributed by atoms with Crippen molar-refractivity contribution in [1.29, 1.82) is 0 Å². The number of carbonyl (C=O) groups excluding carboxylic acids is 2. The number of esters is 1. The van der Waals surface area contributed by atoms with Crippen LogP contribution in [0.5, 0.6) is 0 Å². The third kappa shape index (κ3) is 4.91. The first-order chi connectivity index (χ1) is 13.5. The number of hydrogen-bond acceptors (Lipinski definition) is 5. The highest BCUT2D eigenvalue weighted by Crippen LogP contribution is 2.14. The molecule has 3 aromatic rings. The van der Waals surface area contributed by atoms with Crippen molar-refractivity contribution in [3.63, 3.8) is 0 Å². The Morgan fingerprint density at radius 3 is 2.32 bits per heavy atom. The van der Waals surface area contributed by atoms with E-state index in [2.05, 4.69) is 10.4 Å². The zero-order valence-electron chi connectivity index (χ0n) is 15.2. The standard InChI is InChI=1S/C21H19N3O4/c1-15(21(27)22-17-10-6-3-7-11-17)28-20(26)14-24-19(25)13-12-18(23-24)16-8-4-2-5-9-16/h2-13,15H,14H2,1H3,(H,22,27). The van der Waals surface area contributed by atoms with E-state index in [1.807, 2.05) is 36.4 Å². The van der Waals surface area contributed by atoms with Crippen LogP contribution >= 0.6 is 0 Å². The first kappa shape index (κ1) is 19.0. The minimum absolute atomic E-state index is 0.386. The van der Waals surface area contributed by atoms with Crippen LogP contribution in [-0.4, -0.2) is 27.8 Å². The van der Waals surface area contributed by atoms with Gasteiger partial charge in [-0.15, -0.1) is 0 Å². The highest BCUT2D eigenvalue weighted by Gasteiger charge is 2.19. The van der Waals surface area contributed by atoms with Gasteiger partial charge in [0.1, 0.15) is 6.54 Å². The molecule has 3 rings (SSSR count). The highest BCUT2D eigenvalue weighted by molar-refractivity contribution is 5.95. The molecule has 7 nitrogen and oxygen atoms in total. The number of carbonyl (C=O) groups is 2. The van der Waals surface area contributed by atoms with Gasteiger partial charge < -0.3 is 10.1 Å². The Morgan fingerprint density at radius 2 is 1.64 bits per heavy atom. The normalized spacial score (nSPS) is 11.5. The van der Waals surface area contributed by atoms with Crippen molar-refractivity contribution < 1.29 is 14.3 Å². The monoisotopic (exact) mass is 377 g/mol. The van der Waals surface area contributed by atoms with Crippen molar-refractivity contribution in [3.8, 4) is 11.3 Å². The maximum absolute atomic E-state index is 12.2. The largest absolute Gasteiger partial charge is 0.451 e. The summed E-state index contributed by atoms with van der Waals surface area (Å²) in [4.78, 5) is 36.3. The Labute approximate surface area is 161 Å². The lowest BCUT2D eigenvalue weighted by Gasteiger charge is -2.14. The Balaban J connectivity index is 1.64. The molecule has 1 unspecified atom stereocenters. The molecule has 0 bridgehead atoms. The predicted molar refractivity (Wildman–Crippen MR) is 105 cm³/mol. The van der Waals surface area contributed by atoms with Gasteiger partial charge in [0.25, 0.3) is 11.5 Å². The topological polar surface area (TPSA) is 90.3 Å². The van der Waals surface area contributed by atoms with E-state index in [9.17, 15) is 14.4 Å². The van der Waals surface area contributed by atoms with Crippen LogP contribution in [0.15, 0.2) is 77.6 Å². The van der Waals surface area contributed by atoms with Crippen LogP contribution in [0.4, 0.5) is 5.69 Å². The van der Waals surface area contributed by atoms with Crippen molar-refractivity contribution in [1.82, 2.24) is 9.78 Å². The first-order valence-corrected chi connectivity index (χ1v) is 8.72. The molecule has 1 amide bonds. The molecular weight excluding hydrogens is 358 g/mol. The average molecular weight is 377 g/mol. The Hall–Kier alpha value is -3.74. The quantitative estimate of drug-likeness (QED) is 0.667. The molecule has 142 valence electrons. The maximum Gasteiger partial charge on any atom is 0.328 e. The lowest BCUT2D eigenvalue weighted by molar-refractivity contribution is -0.154. The number of para-hydroxylation sites is 1. The lowest BCUT2D eigenvalue weighted by atomic mass is 10.1. The zero-order chi connectivity index (χ0) is 19.9. The molecule has 1 atom stereocenters. The molecule has 0 spiro atoms. The van der Waals surface area contributed by atoms with Crippen molar-refractivity contribution in [2.24, 2.45) is 0 Å². The van der Waals surface area contributed by atoms with Gasteiger partial charge in [0, 0.05) is 17.3 Å². The van der Waals surface area contributed by atoms with Gasteiger partial charge in [-0.05, 0) is 25.1 Å². The molecule has 0 radical (unpaired) electrons. The minimum atomic E-state index is -1.01. The van der Waals surface area contributed by atoms with Gasteiger partial charge in [0.2, 0.25) is 0 Å². The van der Waals surface area contributed by atoms with Crippen LogP contribution in [-0.2, 0) is 20.9 Å². The summed E-state index contributed by atoms with van der Waals surface area (Å²) in [7, 11) is 0. The lowest BCUT2D eigenvalue weighted by Crippen LogP contribution is -2.33. The van der Waals surface area contributed by atoms with E-state index in [0.29, 0.717) is 11.4 Å². The fraction of sp³-hybridized carbons (Fsp3) is 0.143. The molecule has 0 saturated heterocycles. The summed E-state index contributed by atoms with van der Waals surface area (Å²) < 4.78 is 6.16. The van der Waals surface area contributed by atoms with Gasteiger partial charge in [0.15, 0.2) is 6.10 Å². The number of anilines is 1. The molecule has 0 fully saturated rings. The van der Waals surface area contributed by atoms with Gasteiger partial charge >= 0.3 is 5.97 Å². The number of amides is 1. The molecule has 28 heavy (non-hydrogen) atoms. The van der Waals surface area contributed by atoms with E-state index in [4.69, 9.17) is 4.74 Å². The number of aromatic nitrogens is 2. The molecule has 0 aliphatic rings. The highest BCUT2D eigenvalue weighted by atomic mass is 16.5. The van der Waals surface area contributed by atoms with Crippen LogP contribution in [0.25, 0.3) is 11.3 Å². The molecule has 1 aromatic heterocycles. The summed E-state index contributed by atoms with van der Waals surface area (Å²) in [5, 5.41) is 6.86. The van der Waals surface area contributed by atoms with E-state index < -0.39 is 23.5 Å². The third-order valence-electron chi connectivity index (χ3n) is 3.93. The molecule has 1 heterocycles. The fourth-order valence-electron chi connectivity index (χ4n) is 2.50. The van der Waals surface area contributed by atoms with Crippen LogP contribution < -0.4 is 10.9 Å². The molecule has 0 aliphatic heterocycles. The fourth-order valence-corrected chi connectivity index (χ4v) is 2.50. The van der Waals surface area contributed by atoms with Crippen LogP contribution in [0, 0.1) is 0 Å². The Kier molecular flexibility index (Phi) is 5.96. The zero-order valence-corrected chi connectivity index (χ0v) is 15.2. The SMILES string of the molecule is CC(OC(=O)Cn1nc(-c2ccccc2)ccc1=O)C(=O)Nc1ccccc1. The van der Waals surface area contributed by atoms with Gasteiger partial charge in [-0.2, -0.15) is 5.10 Å². The second-order valence-electron chi connectivity index (χ2n) is 6.07. The van der Waals surface area contributed by atoms with Crippen molar-refractivity contribution in [2.45, 2.75) is 19.6 Å². The number of nitrogens with one attached hydrogen (secondary N) is 1. The first-order valence-electron chi connectivity index (χ1n) is 8.72. The Bertz CT molecular complexity index is 1020. The van der Waals surface area contributed by atoms with Gasteiger partial charge in [-0.1, -0.05) is 48.5 Å². The number of benzene rings is 2. The number of nitrogens with zero attached hydrogens (tertiary/aromatic N) is 2.